The first-order valence-electron chi connectivity index (χ1n) is 8.47. The van der Waals surface area contributed by atoms with Gasteiger partial charge in [0.1, 0.15) is 6.61 Å². The standard InChI is InChI=1S/C19H19F3N2O2S/c20-19(21,22)27-17-9-5-4-8-16(17)23-14-10-15(11-14)24-18(25)26-12-13-6-2-1-3-7-13/h1-9,14-15,23H,10-12H2,(H,24,25). The van der Waals surface area contributed by atoms with Crippen LogP contribution < -0.4 is 10.6 Å². The summed E-state index contributed by atoms with van der Waals surface area (Å²) < 4.78 is 43.1. The van der Waals surface area contributed by atoms with Gasteiger partial charge in [0.05, 0.1) is 0 Å². The minimum Gasteiger partial charge on any atom is -0.445 e. The van der Waals surface area contributed by atoms with Crippen molar-refractivity contribution in [2.75, 3.05) is 5.32 Å². The van der Waals surface area contributed by atoms with Crippen LogP contribution in [0.25, 0.3) is 0 Å². The lowest BCUT2D eigenvalue weighted by atomic mass is 9.86. The molecule has 1 saturated carbocycles. The molecule has 0 aromatic heterocycles. The molecule has 27 heavy (non-hydrogen) atoms. The number of rotatable bonds is 6. The molecule has 8 heteroatoms. The van der Waals surface area contributed by atoms with Crippen molar-refractivity contribution >= 4 is 23.5 Å². The zero-order chi connectivity index (χ0) is 19.3. The number of para-hydroxylation sites is 1. The van der Waals surface area contributed by atoms with Gasteiger partial charge in [-0.3, -0.25) is 0 Å². The molecule has 0 aliphatic heterocycles. The first-order valence-corrected chi connectivity index (χ1v) is 9.29. The second-order valence-corrected chi connectivity index (χ2v) is 7.37. The fraction of sp³-hybridized carbons (Fsp3) is 0.316. The first-order chi connectivity index (χ1) is 12.9. The van der Waals surface area contributed by atoms with E-state index in [1.165, 1.54) is 6.07 Å². The van der Waals surface area contributed by atoms with Crippen LogP contribution >= 0.6 is 11.8 Å². The summed E-state index contributed by atoms with van der Waals surface area (Å²) in [6, 6.07) is 15.7. The summed E-state index contributed by atoms with van der Waals surface area (Å²) in [5.41, 5.74) is -2.97. The molecule has 0 heterocycles. The van der Waals surface area contributed by atoms with Crippen LogP contribution in [0.15, 0.2) is 59.5 Å². The van der Waals surface area contributed by atoms with Gasteiger partial charge in [-0.15, -0.1) is 0 Å². The molecule has 2 aromatic carbocycles. The number of anilines is 1. The van der Waals surface area contributed by atoms with E-state index in [1.54, 1.807) is 18.2 Å². The Bertz CT molecular complexity index is 765. The molecule has 0 saturated heterocycles. The van der Waals surface area contributed by atoms with E-state index in [4.69, 9.17) is 4.74 Å². The lowest BCUT2D eigenvalue weighted by Crippen LogP contribution is -2.49. The van der Waals surface area contributed by atoms with Crippen molar-refractivity contribution in [2.45, 2.75) is 41.9 Å². The number of carbonyl (C=O) groups excluding carboxylic acids is 1. The molecule has 4 nitrogen and oxygen atoms in total. The van der Waals surface area contributed by atoms with Crippen LogP contribution in [0.4, 0.5) is 23.7 Å². The Kier molecular flexibility index (Phi) is 6.15. The molecule has 0 unspecified atom stereocenters. The van der Waals surface area contributed by atoms with Crippen LogP contribution in [0.3, 0.4) is 0 Å². The highest BCUT2D eigenvalue weighted by atomic mass is 32.2. The summed E-state index contributed by atoms with van der Waals surface area (Å²) >= 11 is -0.132. The third-order valence-corrected chi connectivity index (χ3v) is 4.95. The highest BCUT2D eigenvalue weighted by Gasteiger charge is 2.33. The summed E-state index contributed by atoms with van der Waals surface area (Å²) in [6.45, 7) is 0.198. The second-order valence-electron chi connectivity index (χ2n) is 6.26. The Morgan fingerprint density at radius 3 is 2.41 bits per heavy atom. The summed E-state index contributed by atoms with van der Waals surface area (Å²) in [6.07, 6.45) is 0.770. The summed E-state index contributed by atoms with van der Waals surface area (Å²) in [4.78, 5) is 12.0. The number of nitrogens with one attached hydrogen (secondary N) is 2. The molecule has 1 fully saturated rings. The molecule has 2 N–H and O–H groups in total. The second kappa shape index (κ2) is 8.56. The first kappa shape index (κ1) is 19.4. The molecule has 3 rings (SSSR count). The van der Waals surface area contributed by atoms with Crippen LogP contribution in [0.5, 0.6) is 0 Å². The van der Waals surface area contributed by atoms with E-state index in [0.29, 0.717) is 18.5 Å². The number of alkyl halides is 3. The summed E-state index contributed by atoms with van der Waals surface area (Å²) in [5.74, 6) is 0. The van der Waals surface area contributed by atoms with Crippen molar-refractivity contribution in [3.05, 3.63) is 60.2 Å². The molecule has 1 aliphatic rings. The zero-order valence-corrected chi connectivity index (χ0v) is 15.1. The third kappa shape index (κ3) is 6.09. The molecular formula is C19H19F3N2O2S. The Labute approximate surface area is 159 Å². The molecule has 0 spiro atoms. The predicted octanol–water partition coefficient (Wildman–Crippen LogP) is 5.17. The lowest BCUT2D eigenvalue weighted by molar-refractivity contribution is -0.0328. The van der Waals surface area contributed by atoms with Gasteiger partial charge in [0.15, 0.2) is 0 Å². The van der Waals surface area contributed by atoms with E-state index < -0.39 is 11.6 Å². The van der Waals surface area contributed by atoms with Gasteiger partial charge in [-0.05, 0) is 42.3 Å². The topological polar surface area (TPSA) is 50.4 Å². The van der Waals surface area contributed by atoms with Gasteiger partial charge >= 0.3 is 11.6 Å². The number of amides is 1. The van der Waals surface area contributed by atoms with Gasteiger partial charge in [-0.25, -0.2) is 4.79 Å². The monoisotopic (exact) mass is 396 g/mol. The van der Waals surface area contributed by atoms with E-state index in [2.05, 4.69) is 10.6 Å². The zero-order valence-electron chi connectivity index (χ0n) is 14.3. The number of benzene rings is 2. The van der Waals surface area contributed by atoms with Crippen LogP contribution in [0, 0.1) is 0 Å². The van der Waals surface area contributed by atoms with E-state index in [0.717, 1.165) is 5.56 Å². The number of thioether (sulfide) groups is 1. The summed E-state index contributed by atoms with van der Waals surface area (Å²) in [5, 5.41) is 5.89. The Morgan fingerprint density at radius 1 is 1.04 bits per heavy atom. The fourth-order valence-corrected chi connectivity index (χ4v) is 3.44. The number of carbonyl (C=O) groups is 1. The molecule has 1 amide bonds. The third-order valence-electron chi connectivity index (χ3n) is 4.15. The molecule has 144 valence electrons. The van der Waals surface area contributed by atoms with Gasteiger partial charge in [0.2, 0.25) is 0 Å². The van der Waals surface area contributed by atoms with Gasteiger partial charge < -0.3 is 15.4 Å². The quantitative estimate of drug-likeness (QED) is 0.662. The largest absolute Gasteiger partial charge is 0.446 e. The van der Waals surface area contributed by atoms with Crippen molar-refractivity contribution in [3.63, 3.8) is 0 Å². The van der Waals surface area contributed by atoms with Crippen LogP contribution in [-0.4, -0.2) is 23.7 Å². The lowest BCUT2D eigenvalue weighted by Gasteiger charge is -2.37. The van der Waals surface area contributed by atoms with Crippen molar-refractivity contribution in [2.24, 2.45) is 0 Å². The number of alkyl carbamates (subject to hydrolysis) is 1. The average Bonchev–Trinajstić information content (AvgIpc) is 2.59. The molecular weight excluding hydrogens is 377 g/mol. The van der Waals surface area contributed by atoms with Gasteiger partial charge in [0, 0.05) is 22.7 Å². The highest BCUT2D eigenvalue weighted by Crippen LogP contribution is 2.41. The predicted molar refractivity (Wildman–Crippen MR) is 98.5 cm³/mol. The van der Waals surface area contributed by atoms with Crippen molar-refractivity contribution in [3.8, 4) is 0 Å². The van der Waals surface area contributed by atoms with Crippen LogP contribution in [-0.2, 0) is 11.3 Å². The summed E-state index contributed by atoms with van der Waals surface area (Å²) in [7, 11) is 0. The normalized spacial score (nSPS) is 19.1. The van der Waals surface area contributed by atoms with Crippen molar-refractivity contribution in [1.29, 1.82) is 0 Å². The highest BCUT2D eigenvalue weighted by molar-refractivity contribution is 8.00. The maximum absolute atomic E-state index is 12.6. The minimum atomic E-state index is -4.33. The van der Waals surface area contributed by atoms with Crippen molar-refractivity contribution < 1.29 is 22.7 Å². The molecule has 1 aliphatic carbocycles. The Morgan fingerprint density at radius 2 is 1.70 bits per heavy atom. The molecule has 2 aromatic rings. The van der Waals surface area contributed by atoms with Crippen LogP contribution in [0.1, 0.15) is 18.4 Å². The SMILES string of the molecule is O=C(NC1CC(Nc2ccccc2SC(F)(F)F)C1)OCc1ccccc1. The van der Waals surface area contributed by atoms with E-state index >= 15 is 0 Å². The Hall–Kier alpha value is -2.35. The average molecular weight is 396 g/mol. The fourth-order valence-electron chi connectivity index (χ4n) is 2.80. The minimum absolute atomic E-state index is 0.0133. The molecule has 0 bridgehead atoms. The Balaban J connectivity index is 1.42. The van der Waals surface area contributed by atoms with Crippen molar-refractivity contribution in [1.82, 2.24) is 5.32 Å². The number of halogens is 3. The number of hydrogen-bond donors (Lipinski definition) is 2. The maximum atomic E-state index is 12.6. The van der Waals surface area contributed by atoms with Gasteiger partial charge in [0.25, 0.3) is 0 Å². The van der Waals surface area contributed by atoms with E-state index in [9.17, 15) is 18.0 Å². The molecule has 0 atom stereocenters. The van der Waals surface area contributed by atoms with Gasteiger partial charge in [-0.1, -0.05) is 42.5 Å². The van der Waals surface area contributed by atoms with Crippen LogP contribution in [0.2, 0.25) is 0 Å². The molecule has 0 radical (unpaired) electrons. The maximum Gasteiger partial charge on any atom is 0.446 e. The van der Waals surface area contributed by atoms with E-state index in [1.807, 2.05) is 30.3 Å². The van der Waals surface area contributed by atoms with Gasteiger partial charge in [-0.2, -0.15) is 13.2 Å². The number of ether oxygens (including phenoxy) is 1. The van der Waals surface area contributed by atoms with E-state index in [-0.39, 0.29) is 35.3 Å². The number of hydrogen-bond acceptors (Lipinski definition) is 4. The smallest absolute Gasteiger partial charge is 0.445 e.